The van der Waals surface area contributed by atoms with Crippen molar-refractivity contribution in [2.45, 2.75) is 6.04 Å². The van der Waals surface area contributed by atoms with Gasteiger partial charge in [-0.1, -0.05) is 23.7 Å². The maximum atomic E-state index is 13.3. The van der Waals surface area contributed by atoms with Crippen LogP contribution in [0, 0.1) is 5.82 Å². The van der Waals surface area contributed by atoms with Gasteiger partial charge >= 0.3 is 0 Å². The van der Waals surface area contributed by atoms with E-state index in [1.807, 2.05) is 0 Å². The molecule has 3 rings (SSSR count). The number of halogens is 2. The zero-order chi connectivity index (χ0) is 15.0. The molecule has 0 saturated carbocycles. The fourth-order valence-corrected chi connectivity index (χ4v) is 2.60. The van der Waals surface area contributed by atoms with E-state index in [4.69, 9.17) is 11.6 Å². The Morgan fingerprint density at radius 2 is 2.05 bits per heavy atom. The van der Waals surface area contributed by atoms with E-state index in [0.29, 0.717) is 33.7 Å². The molecule has 21 heavy (non-hydrogen) atoms. The van der Waals surface area contributed by atoms with Gasteiger partial charge in [-0.25, -0.2) is 4.39 Å². The number of rotatable bonds is 2. The van der Waals surface area contributed by atoms with E-state index in [-0.39, 0.29) is 5.76 Å². The molecule has 1 aliphatic rings. The fraction of sp³-hybridized carbons (Fsp3) is 0.0625. The van der Waals surface area contributed by atoms with Crippen LogP contribution in [0.1, 0.15) is 22.7 Å². The fourth-order valence-electron chi connectivity index (χ4n) is 2.41. The third-order valence-electron chi connectivity index (χ3n) is 3.39. The third kappa shape index (κ3) is 2.38. The lowest BCUT2D eigenvalue weighted by Gasteiger charge is -2.26. The lowest BCUT2D eigenvalue weighted by molar-refractivity contribution is -0.109. The van der Waals surface area contributed by atoms with Gasteiger partial charge in [0, 0.05) is 16.1 Å². The van der Waals surface area contributed by atoms with Gasteiger partial charge in [-0.05, 0) is 35.9 Å². The molecular formula is C16H11ClFNO2. The molecule has 0 aromatic heterocycles. The van der Waals surface area contributed by atoms with E-state index in [9.17, 15) is 14.3 Å². The summed E-state index contributed by atoms with van der Waals surface area (Å²) in [4.78, 5) is 11.3. The van der Waals surface area contributed by atoms with Gasteiger partial charge < -0.3 is 15.2 Å². The topological polar surface area (TPSA) is 49.3 Å². The second-order valence-corrected chi connectivity index (χ2v) is 5.16. The molecule has 5 heteroatoms. The first kappa shape index (κ1) is 13.6. The Hall–Kier alpha value is -2.33. The molecule has 2 aromatic rings. The summed E-state index contributed by atoms with van der Waals surface area (Å²) in [5.41, 5.74) is 1.89. The summed E-state index contributed by atoms with van der Waals surface area (Å²) in [7, 11) is 0. The molecule has 2 aromatic carbocycles. The van der Waals surface area contributed by atoms with Crippen LogP contribution in [0.25, 0.3) is 11.5 Å². The van der Waals surface area contributed by atoms with Gasteiger partial charge in [-0.3, -0.25) is 0 Å². The molecule has 0 aliphatic carbocycles. The zero-order valence-electron chi connectivity index (χ0n) is 10.8. The highest BCUT2D eigenvalue weighted by atomic mass is 35.5. The summed E-state index contributed by atoms with van der Waals surface area (Å²) >= 11 is 5.95. The van der Waals surface area contributed by atoms with E-state index in [0.717, 1.165) is 0 Å². The molecule has 0 saturated heterocycles. The number of carbonyl (C=O) groups excluding carboxylic acids is 1. The highest BCUT2D eigenvalue weighted by Crippen LogP contribution is 2.35. The average Bonchev–Trinajstić information content (AvgIpc) is 2.47. The van der Waals surface area contributed by atoms with Crippen molar-refractivity contribution in [2.75, 3.05) is 0 Å². The Kier molecular flexibility index (Phi) is 3.39. The summed E-state index contributed by atoms with van der Waals surface area (Å²) in [6.45, 7) is 0. The number of hydrogen-bond acceptors (Lipinski definition) is 3. The van der Waals surface area contributed by atoms with Crippen molar-refractivity contribution in [3.8, 4) is 0 Å². The molecular weight excluding hydrogens is 293 g/mol. The maximum absolute atomic E-state index is 13.3. The van der Waals surface area contributed by atoms with Gasteiger partial charge in [-0.2, -0.15) is 0 Å². The van der Waals surface area contributed by atoms with Gasteiger partial charge in [0.2, 0.25) is 0 Å². The minimum absolute atomic E-state index is 0.0367. The first-order valence-electron chi connectivity index (χ1n) is 6.31. The lowest BCUT2D eigenvalue weighted by Crippen LogP contribution is -2.27. The van der Waals surface area contributed by atoms with E-state index in [2.05, 4.69) is 5.32 Å². The van der Waals surface area contributed by atoms with Crippen molar-refractivity contribution in [2.24, 2.45) is 0 Å². The van der Waals surface area contributed by atoms with Crippen molar-refractivity contribution in [1.29, 1.82) is 0 Å². The summed E-state index contributed by atoms with van der Waals surface area (Å²) in [5.74, 6) is -0.494. The quantitative estimate of drug-likeness (QED) is 0.832. The standard InChI is InChI=1S/C16H11ClFNO2/c17-10-3-1-2-9(6-10)15-16(21)12-5-4-11(18)7-13(12)14(8-20)19-15/h1-8,14,19,21H. The van der Waals surface area contributed by atoms with Gasteiger partial charge in [0.05, 0.1) is 5.70 Å². The molecule has 106 valence electrons. The molecule has 1 unspecified atom stereocenters. The van der Waals surface area contributed by atoms with Crippen LogP contribution >= 0.6 is 11.6 Å². The highest BCUT2D eigenvalue weighted by Gasteiger charge is 2.27. The Morgan fingerprint density at radius 3 is 2.76 bits per heavy atom. The summed E-state index contributed by atoms with van der Waals surface area (Å²) in [5, 5.41) is 13.8. The predicted octanol–water partition coefficient (Wildman–Crippen LogP) is 3.71. The molecule has 0 fully saturated rings. The predicted molar refractivity (Wildman–Crippen MR) is 79.2 cm³/mol. The minimum atomic E-state index is -0.722. The van der Waals surface area contributed by atoms with Crippen LogP contribution in [0.3, 0.4) is 0 Å². The first-order chi connectivity index (χ1) is 10.1. The van der Waals surface area contributed by atoms with E-state index in [1.54, 1.807) is 24.3 Å². The van der Waals surface area contributed by atoms with E-state index < -0.39 is 11.9 Å². The van der Waals surface area contributed by atoms with Crippen molar-refractivity contribution in [1.82, 2.24) is 5.32 Å². The van der Waals surface area contributed by atoms with Crippen LogP contribution in [0.2, 0.25) is 5.02 Å². The largest absolute Gasteiger partial charge is 0.505 e. The van der Waals surface area contributed by atoms with Crippen molar-refractivity contribution in [3.63, 3.8) is 0 Å². The molecule has 1 heterocycles. The molecule has 0 bridgehead atoms. The number of nitrogens with one attached hydrogen (secondary N) is 1. The monoisotopic (exact) mass is 303 g/mol. The summed E-state index contributed by atoms with van der Waals surface area (Å²) < 4.78 is 13.3. The third-order valence-corrected chi connectivity index (χ3v) is 3.62. The van der Waals surface area contributed by atoms with Gasteiger partial charge in [0.15, 0.2) is 0 Å². The number of aliphatic hydroxyl groups excluding tert-OH is 1. The van der Waals surface area contributed by atoms with Crippen LogP contribution in [-0.4, -0.2) is 11.4 Å². The van der Waals surface area contributed by atoms with Crippen LogP contribution in [0.15, 0.2) is 42.5 Å². The summed E-state index contributed by atoms with van der Waals surface area (Å²) in [6, 6.07) is 10.1. The Balaban J connectivity index is 2.20. The van der Waals surface area contributed by atoms with Crippen LogP contribution in [-0.2, 0) is 4.79 Å². The normalized spacial score (nSPS) is 17.1. The number of fused-ring (bicyclic) bond motifs is 1. The number of benzene rings is 2. The molecule has 0 radical (unpaired) electrons. The SMILES string of the molecule is O=CC1NC(c2cccc(Cl)c2)=C(O)c2ccc(F)cc21. The van der Waals surface area contributed by atoms with E-state index >= 15 is 0 Å². The van der Waals surface area contributed by atoms with Gasteiger partial charge in [0.1, 0.15) is 23.9 Å². The average molecular weight is 304 g/mol. The molecule has 0 amide bonds. The van der Waals surface area contributed by atoms with Crippen LogP contribution < -0.4 is 5.32 Å². The molecule has 1 atom stereocenters. The van der Waals surface area contributed by atoms with E-state index in [1.165, 1.54) is 18.2 Å². The first-order valence-corrected chi connectivity index (χ1v) is 6.69. The molecule has 1 aliphatic heterocycles. The van der Waals surface area contributed by atoms with Gasteiger partial charge in [0.25, 0.3) is 0 Å². The number of aliphatic hydroxyl groups is 1. The second-order valence-electron chi connectivity index (χ2n) is 4.72. The smallest absolute Gasteiger partial charge is 0.146 e. The molecule has 0 spiro atoms. The highest BCUT2D eigenvalue weighted by molar-refractivity contribution is 6.30. The number of carbonyl (C=O) groups is 1. The summed E-state index contributed by atoms with van der Waals surface area (Å²) in [6.07, 6.45) is 0.676. The number of aldehydes is 1. The lowest BCUT2D eigenvalue weighted by atomic mass is 9.93. The zero-order valence-corrected chi connectivity index (χ0v) is 11.6. The Morgan fingerprint density at radius 1 is 1.24 bits per heavy atom. The second kappa shape index (κ2) is 5.22. The molecule has 3 nitrogen and oxygen atoms in total. The van der Waals surface area contributed by atoms with Crippen molar-refractivity contribution < 1.29 is 14.3 Å². The molecule has 2 N–H and O–H groups in total. The maximum Gasteiger partial charge on any atom is 0.146 e. The Labute approximate surface area is 125 Å². The van der Waals surface area contributed by atoms with Crippen molar-refractivity contribution >= 4 is 29.3 Å². The minimum Gasteiger partial charge on any atom is -0.505 e. The van der Waals surface area contributed by atoms with Crippen LogP contribution in [0.4, 0.5) is 4.39 Å². The van der Waals surface area contributed by atoms with Crippen molar-refractivity contribution in [3.05, 3.63) is 70.0 Å². The van der Waals surface area contributed by atoms with Gasteiger partial charge in [-0.15, -0.1) is 0 Å². The number of hydrogen-bond donors (Lipinski definition) is 2. The van der Waals surface area contributed by atoms with Crippen LogP contribution in [0.5, 0.6) is 0 Å². The Bertz CT molecular complexity index is 758.